The van der Waals surface area contributed by atoms with Crippen molar-refractivity contribution in [3.63, 3.8) is 0 Å². The zero-order chi connectivity index (χ0) is 14.5. The van der Waals surface area contributed by atoms with Gasteiger partial charge in [0.25, 0.3) is 0 Å². The van der Waals surface area contributed by atoms with E-state index in [-0.39, 0.29) is 18.2 Å². The number of H-pyrrole nitrogens is 1. The van der Waals surface area contributed by atoms with Gasteiger partial charge in [0, 0.05) is 6.07 Å². The highest BCUT2D eigenvalue weighted by molar-refractivity contribution is 5.82. The van der Waals surface area contributed by atoms with Crippen LogP contribution < -0.4 is 16.1 Å². The van der Waals surface area contributed by atoms with Gasteiger partial charge >= 0.3 is 11.3 Å². The highest BCUT2D eigenvalue weighted by atomic mass is 19.1. The summed E-state index contributed by atoms with van der Waals surface area (Å²) in [5.41, 5.74) is -0.572. The SMILES string of the molecule is CCCCc1cc(=O)oc2[nH]c(=O)nc(OCCF)c12. The minimum atomic E-state index is -0.706. The second kappa shape index (κ2) is 6.31. The number of aromatic nitrogens is 2. The molecule has 6 nitrogen and oxygen atoms in total. The number of aromatic amines is 1. The fraction of sp³-hybridized carbons (Fsp3) is 0.462. The molecule has 1 N–H and O–H groups in total. The molecular weight excluding hydrogens is 267 g/mol. The van der Waals surface area contributed by atoms with E-state index in [1.54, 1.807) is 0 Å². The monoisotopic (exact) mass is 282 g/mol. The van der Waals surface area contributed by atoms with Gasteiger partial charge in [0.15, 0.2) is 0 Å². The third kappa shape index (κ3) is 3.04. The first-order valence-corrected chi connectivity index (χ1v) is 6.41. The fourth-order valence-electron chi connectivity index (χ4n) is 1.94. The molecule has 0 amide bonds. The second-order valence-electron chi connectivity index (χ2n) is 4.28. The first-order chi connectivity index (χ1) is 9.65. The largest absolute Gasteiger partial charge is 0.474 e. The predicted octanol–water partition coefficient (Wildman–Crippen LogP) is 1.57. The molecule has 0 aliphatic rings. The molecule has 0 bridgehead atoms. The summed E-state index contributed by atoms with van der Waals surface area (Å²) in [5, 5.41) is 0.422. The van der Waals surface area contributed by atoms with Crippen LogP contribution in [-0.2, 0) is 6.42 Å². The number of halogens is 1. The minimum absolute atomic E-state index is 0.00347. The molecule has 7 heteroatoms. The van der Waals surface area contributed by atoms with Crippen molar-refractivity contribution in [3.05, 3.63) is 32.5 Å². The van der Waals surface area contributed by atoms with Gasteiger partial charge in [-0.1, -0.05) is 13.3 Å². The van der Waals surface area contributed by atoms with Crippen molar-refractivity contribution in [3.8, 4) is 5.88 Å². The molecule has 0 aliphatic heterocycles. The van der Waals surface area contributed by atoms with Crippen LogP contribution in [0.15, 0.2) is 20.1 Å². The third-order valence-electron chi connectivity index (χ3n) is 2.80. The zero-order valence-electron chi connectivity index (χ0n) is 11.1. The van der Waals surface area contributed by atoms with Gasteiger partial charge in [0.1, 0.15) is 18.7 Å². The number of unbranched alkanes of at least 4 members (excludes halogenated alkanes) is 1. The molecule has 2 aromatic heterocycles. The molecule has 108 valence electrons. The first kappa shape index (κ1) is 14.2. The van der Waals surface area contributed by atoms with E-state index in [9.17, 15) is 14.0 Å². The third-order valence-corrected chi connectivity index (χ3v) is 2.80. The maximum absolute atomic E-state index is 12.2. The molecule has 0 aliphatic carbocycles. The van der Waals surface area contributed by atoms with Crippen molar-refractivity contribution in [1.82, 2.24) is 9.97 Å². The molecule has 0 saturated carbocycles. The molecule has 2 aromatic rings. The van der Waals surface area contributed by atoms with Gasteiger partial charge in [-0.05, 0) is 18.4 Å². The lowest BCUT2D eigenvalue weighted by molar-refractivity contribution is 0.266. The van der Waals surface area contributed by atoms with E-state index in [0.717, 1.165) is 12.8 Å². The summed E-state index contributed by atoms with van der Waals surface area (Å²) >= 11 is 0. The van der Waals surface area contributed by atoms with E-state index in [1.165, 1.54) is 6.07 Å². The van der Waals surface area contributed by atoms with E-state index in [4.69, 9.17) is 9.15 Å². The fourth-order valence-corrected chi connectivity index (χ4v) is 1.94. The number of nitrogens with zero attached hydrogens (tertiary/aromatic N) is 1. The van der Waals surface area contributed by atoms with Crippen LogP contribution in [0.2, 0.25) is 0 Å². The van der Waals surface area contributed by atoms with Crippen LogP contribution >= 0.6 is 0 Å². The normalized spacial score (nSPS) is 10.9. The van der Waals surface area contributed by atoms with Gasteiger partial charge in [-0.3, -0.25) is 4.98 Å². The summed E-state index contributed by atoms with van der Waals surface area (Å²) in [5.74, 6) is -0.00347. The van der Waals surface area contributed by atoms with Crippen molar-refractivity contribution >= 4 is 11.1 Å². The molecule has 0 spiro atoms. The number of hydrogen-bond acceptors (Lipinski definition) is 5. The topological polar surface area (TPSA) is 85.2 Å². The van der Waals surface area contributed by atoms with E-state index < -0.39 is 18.0 Å². The number of ether oxygens (including phenoxy) is 1. The Morgan fingerprint density at radius 1 is 1.45 bits per heavy atom. The molecular formula is C13H15FN2O4. The zero-order valence-corrected chi connectivity index (χ0v) is 11.1. The van der Waals surface area contributed by atoms with Crippen LogP contribution in [0, 0.1) is 0 Å². The van der Waals surface area contributed by atoms with Crippen molar-refractivity contribution in [2.45, 2.75) is 26.2 Å². The van der Waals surface area contributed by atoms with Crippen LogP contribution in [0.4, 0.5) is 4.39 Å². The van der Waals surface area contributed by atoms with Crippen molar-refractivity contribution in [1.29, 1.82) is 0 Å². The Hall–Kier alpha value is -2.18. The quantitative estimate of drug-likeness (QED) is 0.869. The van der Waals surface area contributed by atoms with E-state index in [1.807, 2.05) is 6.92 Å². The van der Waals surface area contributed by atoms with Gasteiger partial charge in [0.2, 0.25) is 11.6 Å². The van der Waals surface area contributed by atoms with Crippen LogP contribution in [0.25, 0.3) is 11.1 Å². The van der Waals surface area contributed by atoms with Gasteiger partial charge in [-0.2, -0.15) is 4.98 Å². The molecule has 0 fully saturated rings. The predicted molar refractivity (Wildman–Crippen MR) is 71.0 cm³/mol. The number of aryl methyl sites for hydroxylation is 1. The molecule has 0 aromatic carbocycles. The average molecular weight is 282 g/mol. The Balaban J connectivity index is 2.63. The van der Waals surface area contributed by atoms with Crippen LogP contribution in [0.1, 0.15) is 25.3 Å². The summed E-state index contributed by atoms with van der Waals surface area (Å²) in [6.45, 7) is 1.11. The summed E-state index contributed by atoms with van der Waals surface area (Å²) < 4.78 is 22.3. The lowest BCUT2D eigenvalue weighted by Gasteiger charge is -2.09. The van der Waals surface area contributed by atoms with Gasteiger partial charge < -0.3 is 9.15 Å². The van der Waals surface area contributed by atoms with Crippen LogP contribution in [-0.4, -0.2) is 23.2 Å². The maximum Gasteiger partial charge on any atom is 0.351 e. The van der Waals surface area contributed by atoms with Crippen molar-refractivity contribution < 1.29 is 13.5 Å². The van der Waals surface area contributed by atoms with Gasteiger partial charge in [-0.25, -0.2) is 14.0 Å². The highest BCUT2D eigenvalue weighted by Gasteiger charge is 2.14. The highest BCUT2D eigenvalue weighted by Crippen LogP contribution is 2.24. The maximum atomic E-state index is 12.2. The number of rotatable bonds is 6. The summed E-state index contributed by atoms with van der Waals surface area (Å²) in [4.78, 5) is 28.9. The Bertz CT molecular complexity index is 651. The molecule has 2 rings (SSSR count). The second-order valence-corrected chi connectivity index (χ2v) is 4.28. The van der Waals surface area contributed by atoms with Gasteiger partial charge in [0.05, 0.1) is 0 Å². The average Bonchev–Trinajstić information content (AvgIpc) is 2.41. The number of fused-ring (bicyclic) bond motifs is 1. The Labute approximate surface area is 113 Å². The van der Waals surface area contributed by atoms with Crippen LogP contribution in [0.3, 0.4) is 0 Å². The lowest BCUT2D eigenvalue weighted by atomic mass is 10.1. The van der Waals surface area contributed by atoms with Crippen molar-refractivity contribution in [2.24, 2.45) is 0 Å². The number of nitrogens with one attached hydrogen (secondary N) is 1. The minimum Gasteiger partial charge on any atom is -0.474 e. The first-order valence-electron chi connectivity index (χ1n) is 6.41. The summed E-state index contributed by atoms with van der Waals surface area (Å²) in [7, 11) is 0. The molecule has 20 heavy (non-hydrogen) atoms. The smallest absolute Gasteiger partial charge is 0.351 e. The molecule has 2 heterocycles. The van der Waals surface area contributed by atoms with E-state index in [0.29, 0.717) is 17.4 Å². The summed E-state index contributed by atoms with van der Waals surface area (Å²) in [6.07, 6.45) is 2.43. The standard InChI is InChI=1S/C13H15FN2O4/c1-2-3-4-8-7-9(17)20-12-10(8)11(19-6-5-14)15-13(18)16-12/h7H,2-6H2,1H3,(H,15,16,18). The van der Waals surface area contributed by atoms with E-state index in [2.05, 4.69) is 9.97 Å². The molecule has 0 saturated heterocycles. The van der Waals surface area contributed by atoms with Crippen LogP contribution in [0.5, 0.6) is 5.88 Å². The van der Waals surface area contributed by atoms with Crippen molar-refractivity contribution in [2.75, 3.05) is 13.3 Å². The molecule has 0 unspecified atom stereocenters. The Kier molecular flexibility index (Phi) is 4.49. The van der Waals surface area contributed by atoms with E-state index >= 15 is 0 Å². The number of hydrogen-bond donors (Lipinski definition) is 1. The lowest BCUT2D eigenvalue weighted by Crippen LogP contribution is -2.16. The van der Waals surface area contributed by atoms with Gasteiger partial charge in [-0.15, -0.1) is 0 Å². The molecule has 0 atom stereocenters. The summed E-state index contributed by atoms with van der Waals surface area (Å²) in [6, 6.07) is 1.35. The number of alkyl halides is 1. The Morgan fingerprint density at radius 2 is 2.25 bits per heavy atom. The Morgan fingerprint density at radius 3 is 2.95 bits per heavy atom. The molecule has 0 radical (unpaired) electrons.